The van der Waals surface area contributed by atoms with Crippen molar-refractivity contribution < 1.29 is 5.11 Å². The van der Waals surface area contributed by atoms with Crippen LogP contribution in [0.5, 0.6) is 0 Å². The zero-order valence-corrected chi connectivity index (χ0v) is 9.75. The zero-order chi connectivity index (χ0) is 10.5. The van der Waals surface area contributed by atoms with Crippen molar-refractivity contribution >= 4 is 11.8 Å². The van der Waals surface area contributed by atoms with E-state index in [0.29, 0.717) is 0 Å². The number of rotatable bonds is 4. The number of hydrogen-bond donors (Lipinski definition) is 1. The predicted molar refractivity (Wildman–Crippen MR) is 66.1 cm³/mol. The van der Waals surface area contributed by atoms with Crippen molar-refractivity contribution in [3.63, 3.8) is 0 Å². The fourth-order valence-electron chi connectivity index (χ4n) is 2.05. The quantitative estimate of drug-likeness (QED) is 0.842. The molecule has 1 aliphatic rings. The predicted octanol–water partition coefficient (Wildman–Crippen LogP) is 3.40. The molecule has 15 heavy (non-hydrogen) atoms. The Bertz CT molecular complexity index is 280. The van der Waals surface area contributed by atoms with Gasteiger partial charge in [-0.05, 0) is 18.4 Å². The molecule has 1 aromatic carbocycles. The summed E-state index contributed by atoms with van der Waals surface area (Å²) < 4.78 is 0. The minimum absolute atomic E-state index is 0.295. The zero-order valence-electron chi connectivity index (χ0n) is 8.93. The Labute approximate surface area is 95.9 Å². The fraction of sp³-hybridized carbons (Fsp3) is 0.538. The number of benzene rings is 1. The molecule has 1 nitrogen and oxygen atoms in total. The Morgan fingerprint density at radius 3 is 2.53 bits per heavy atom. The van der Waals surface area contributed by atoms with Gasteiger partial charge in [-0.15, -0.1) is 0 Å². The van der Waals surface area contributed by atoms with Crippen LogP contribution in [0.4, 0.5) is 0 Å². The van der Waals surface area contributed by atoms with Crippen LogP contribution in [0.25, 0.3) is 0 Å². The minimum atomic E-state index is -0.295. The first-order chi connectivity index (χ1) is 7.36. The SMILES string of the molecule is OC(CSC1CCCC1)c1ccccc1. The highest BCUT2D eigenvalue weighted by Crippen LogP contribution is 2.31. The summed E-state index contributed by atoms with van der Waals surface area (Å²) in [6, 6.07) is 9.96. The molecule has 82 valence electrons. The van der Waals surface area contributed by atoms with Gasteiger partial charge in [-0.1, -0.05) is 43.2 Å². The molecule has 0 saturated heterocycles. The second kappa shape index (κ2) is 5.57. The first-order valence-corrected chi connectivity index (χ1v) is 6.76. The summed E-state index contributed by atoms with van der Waals surface area (Å²) in [5.41, 5.74) is 1.04. The van der Waals surface area contributed by atoms with Gasteiger partial charge >= 0.3 is 0 Å². The molecule has 0 aromatic heterocycles. The lowest BCUT2D eigenvalue weighted by molar-refractivity contribution is 0.204. The molecular weight excluding hydrogens is 204 g/mol. The first-order valence-electron chi connectivity index (χ1n) is 5.71. The van der Waals surface area contributed by atoms with E-state index in [4.69, 9.17) is 0 Å². The third-order valence-electron chi connectivity index (χ3n) is 2.98. The van der Waals surface area contributed by atoms with Gasteiger partial charge in [0.05, 0.1) is 6.10 Å². The van der Waals surface area contributed by atoms with Crippen molar-refractivity contribution in [2.45, 2.75) is 37.0 Å². The van der Waals surface area contributed by atoms with Crippen LogP contribution in [-0.2, 0) is 0 Å². The van der Waals surface area contributed by atoms with Gasteiger partial charge in [-0.3, -0.25) is 0 Å². The summed E-state index contributed by atoms with van der Waals surface area (Å²) in [7, 11) is 0. The van der Waals surface area contributed by atoms with Crippen molar-refractivity contribution in [2.75, 3.05) is 5.75 Å². The van der Waals surface area contributed by atoms with E-state index in [2.05, 4.69) is 0 Å². The summed E-state index contributed by atoms with van der Waals surface area (Å²) >= 11 is 1.94. The molecule has 1 N–H and O–H groups in total. The van der Waals surface area contributed by atoms with E-state index in [9.17, 15) is 5.11 Å². The van der Waals surface area contributed by atoms with Gasteiger partial charge in [0.2, 0.25) is 0 Å². The topological polar surface area (TPSA) is 20.2 Å². The largest absolute Gasteiger partial charge is 0.388 e. The molecule has 0 amide bonds. The van der Waals surface area contributed by atoms with Gasteiger partial charge in [0.15, 0.2) is 0 Å². The van der Waals surface area contributed by atoms with Gasteiger partial charge < -0.3 is 5.11 Å². The highest BCUT2D eigenvalue weighted by Gasteiger charge is 2.17. The van der Waals surface area contributed by atoms with Crippen LogP contribution in [0.1, 0.15) is 37.4 Å². The van der Waals surface area contributed by atoms with Crippen LogP contribution in [0.15, 0.2) is 30.3 Å². The first kappa shape index (κ1) is 11.0. The molecule has 2 heteroatoms. The van der Waals surface area contributed by atoms with E-state index in [0.717, 1.165) is 16.6 Å². The monoisotopic (exact) mass is 222 g/mol. The average Bonchev–Trinajstić information content (AvgIpc) is 2.80. The van der Waals surface area contributed by atoms with E-state index >= 15 is 0 Å². The van der Waals surface area contributed by atoms with Gasteiger partial charge in [0.25, 0.3) is 0 Å². The lowest BCUT2D eigenvalue weighted by Crippen LogP contribution is -2.04. The highest BCUT2D eigenvalue weighted by molar-refractivity contribution is 7.99. The maximum Gasteiger partial charge on any atom is 0.0880 e. The summed E-state index contributed by atoms with van der Waals surface area (Å²) in [6.07, 6.45) is 5.13. The summed E-state index contributed by atoms with van der Waals surface area (Å²) in [4.78, 5) is 0. The lowest BCUT2D eigenvalue weighted by atomic mass is 10.1. The Hall–Kier alpha value is -0.470. The average molecular weight is 222 g/mol. The Kier molecular flexibility index (Phi) is 4.09. The van der Waals surface area contributed by atoms with Gasteiger partial charge in [-0.25, -0.2) is 0 Å². The smallest absolute Gasteiger partial charge is 0.0880 e. The fourth-order valence-corrected chi connectivity index (χ4v) is 3.37. The molecule has 1 unspecified atom stereocenters. The van der Waals surface area contributed by atoms with E-state index in [1.54, 1.807) is 0 Å². The molecule has 1 aromatic rings. The number of thioether (sulfide) groups is 1. The molecule has 1 saturated carbocycles. The second-order valence-corrected chi connectivity index (χ2v) is 5.50. The molecule has 1 fully saturated rings. The Morgan fingerprint density at radius 2 is 1.87 bits per heavy atom. The number of hydrogen-bond acceptors (Lipinski definition) is 2. The standard InChI is InChI=1S/C13H18OS/c14-13(11-6-2-1-3-7-11)10-15-12-8-4-5-9-12/h1-3,6-7,12-14H,4-5,8-10H2. The third-order valence-corrected chi connectivity index (χ3v) is 4.43. The van der Waals surface area contributed by atoms with Crippen LogP contribution >= 0.6 is 11.8 Å². The maximum atomic E-state index is 9.96. The van der Waals surface area contributed by atoms with Crippen LogP contribution in [0, 0.1) is 0 Å². The van der Waals surface area contributed by atoms with Gasteiger partial charge in [0, 0.05) is 11.0 Å². The molecule has 0 spiro atoms. The van der Waals surface area contributed by atoms with Crippen LogP contribution in [-0.4, -0.2) is 16.1 Å². The normalized spacial score (nSPS) is 19.3. The molecular formula is C13H18OS. The summed E-state index contributed by atoms with van der Waals surface area (Å²) in [5, 5.41) is 10.8. The minimum Gasteiger partial charge on any atom is -0.388 e. The Balaban J connectivity index is 1.79. The van der Waals surface area contributed by atoms with E-state index in [1.165, 1.54) is 25.7 Å². The molecule has 2 rings (SSSR count). The summed E-state index contributed by atoms with van der Waals surface area (Å²) in [6.45, 7) is 0. The number of aliphatic hydroxyl groups is 1. The van der Waals surface area contributed by atoms with Crippen LogP contribution < -0.4 is 0 Å². The van der Waals surface area contributed by atoms with Crippen molar-refractivity contribution in [2.24, 2.45) is 0 Å². The maximum absolute atomic E-state index is 9.96. The second-order valence-electron chi connectivity index (χ2n) is 4.17. The van der Waals surface area contributed by atoms with E-state index in [1.807, 2.05) is 42.1 Å². The van der Waals surface area contributed by atoms with Gasteiger partial charge in [0.1, 0.15) is 0 Å². The van der Waals surface area contributed by atoms with Crippen molar-refractivity contribution in [3.05, 3.63) is 35.9 Å². The van der Waals surface area contributed by atoms with Crippen molar-refractivity contribution in [1.29, 1.82) is 0 Å². The van der Waals surface area contributed by atoms with E-state index < -0.39 is 0 Å². The molecule has 0 bridgehead atoms. The molecule has 1 atom stereocenters. The molecule has 0 aliphatic heterocycles. The van der Waals surface area contributed by atoms with E-state index in [-0.39, 0.29) is 6.10 Å². The van der Waals surface area contributed by atoms with Crippen LogP contribution in [0.2, 0.25) is 0 Å². The van der Waals surface area contributed by atoms with Crippen molar-refractivity contribution in [3.8, 4) is 0 Å². The molecule has 0 heterocycles. The third kappa shape index (κ3) is 3.25. The lowest BCUT2D eigenvalue weighted by Gasteiger charge is -2.13. The highest BCUT2D eigenvalue weighted by atomic mass is 32.2. The van der Waals surface area contributed by atoms with Gasteiger partial charge in [-0.2, -0.15) is 11.8 Å². The summed E-state index contributed by atoms with van der Waals surface area (Å²) in [5.74, 6) is 0.842. The molecule has 1 aliphatic carbocycles. The Morgan fingerprint density at radius 1 is 1.20 bits per heavy atom. The number of aliphatic hydroxyl groups excluding tert-OH is 1. The molecule has 0 radical (unpaired) electrons. The van der Waals surface area contributed by atoms with Crippen molar-refractivity contribution in [1.82, 2.24) is 0 Å². The van der Waals surface area contributed by atoms with Crippen LogP contribution in [0.3, 0.4) is 0 Å².